The summed E-state index contributed by atoms with van der Waals surface area (Å²) >= 11 is 8.17. The van der Waals surface area contributed by atoms with Gasteiger partial charge in [-0.25, -0.2) is 0 Å². The van der Waals surface area contributed by atoms with E-state index in [9.17, 15) is 0 Å². The minimum Gasteiger partial charge on any atom is -0.384 e. The molecule has 90 valence electrons. The van der Waals surface area contributed by atoms with Crippen LogP contribution in [0, 0.1) is 3.57 Å². The van der Waals surface area contributed by atoms with Crippen molar-refractivity contribution >= 4 is 39.9 Å². The van der Waals surface area contributed by atoms with Crippen LogP contribution in [0.1, 0.15) is 20.3 Å². The maximum Gasteiger partial charge on any atom is 0.0639 e. The number of hydrogen-bond donors (Lipinski definition) is 1. The van der Waals surface area contributed by atoms with Gasteiger partial charge < -0.3 is 10.1 Å². The number of halogens is 2. The zero-order valence-electron chi connectivity index (χ0n) is 9.81. The van der Waals surface area contributed by atoms with E-state index >= 15 is 0 Å². The lowest BCUT2D eigenvalue weighted by atomic mass is 10.1. The molecular weight excluding hydrogens is 336 g/mol. The third kappa shape index (κ3) is 4.47. The zero-order valence-corrected chi connectivity index (χ0v) is 12.7. The number of anilines is 1. The first-order valence-electron chi connectivity index (χ1n) is 5.19. The third-order valence-corrected chi connectivity index (χ3v) is 3.65. The number of methoxy groups -OCH3 is 1. The van der Waals surface area contributed by atoms with Gasteiger partial charge in [-0.1, -0.05) is 11.6 Å². The molecule has 0 aliphatic rings. The molecule has 1 aromatic carbocycles. The summed E-state index contributed by atoms with van der Waals surface area (Å²) in [5.74, 6) is 0. The number of hydrogen-bond acceptors (Lipinski definition) is 2. The molecule has 16 heavy (non-hydrogen) atoms. The first-order chi connectivity index (χ1) is 7.44. The Bertz CT molecular complexity index is 355. The standard InChI is InChI=1S/C12H17ClINO/c1-12(2,16-3)6-7-15-11-5-4-9(13)8-10(11)14/h4-5,8,15H,6-7H2,1-3H3. The molecule has 0 amide bonds. The molecule has 0 fully saturated rings. The van der Waals surface area contributed by atoms with Gasteiger partial charge in [0.05, 0.1) is 5.60 Å². The molecule has 0 atom stereocenters. The lowest BCUT2D eigenvalue weighted by Crippen LogP contribution is -2.25. The quantitative estimate of drug-likeness (QED) is 0.802. The Kier molecular flexibility index (Phi) is 5.34. The monoisotopic (exact) mass is 353 g/mol. The summed E-state index contributed by atoms with van der Waals surface area (Å²) in [4.78, 5) is 0. The summed E-state index contributed by atoms with van der Waals surface area (Å²) < 4.78 is 6.50. The van der Waals surface area contributed by atoms with Crippen LogP contribution >= 0.6 is 34.2 Å². The summed E-state index contributed by atoms with van der Waals surface area (Å²) in [6.45, 7) is 5.06. The van der Waals surface area contributed by atoms with Crippen LogP contribution in [-0.2, 0) is 4.74 Å². The fraction of sp³-hybridized carbons (Fsp3) is 0.500. The topological polar surface area (TPSA) is 21.3 Å². The van der Waals surface area contributed by atoms with Crippen LogP contribution in [0.15, 0.2) is 18.2 Å². The molecule has 1 aromatic rings. The van der Waals surface area contributed by atoms with Gasteiger partial charge in [-0.05, 0) is 61.1 Å². The van der Waals surface area contributed by atoms with Crippen LogP contribution in [0.25, 0.3) is 0 Å². The second kappa shape index (κ2) is 6.07. The SMILES string of the molecule is COC(C)(C)CCNc1ccc(Cl)cc1I. The number of ether oxygens (including phenoxy) is 1. The highest BCUT2D eigenvalue weighted by molar-refractivity contribution is 14.1. The largest absolute Gasteiger partial charge is 0.384 e. The minimum absolute atomic E-state index is 0.0785. The molecule has 0 spiro atoms. The van der Waals surface area contributed by atoms with Crippen molar-refractivity contribution in [3.05, 3.63) is 26.8 Å². The maximum atomic E-state index is 5.89. The summed E-state index contributed by atoms with van der Waals surface area (Å²) in [6.07, 6.45) is 0.961. The zero-order chi connectivity index (χ0) is 12.2. The van der Waals surface area contributed by atoms with E-state index in [0.717, 1.165) is 27.2 Å². The van der Waals surface area contributed by atoms with Gasteiger partial charge in [-0.15, -0.1) is 0 Å². The fourth-order valence-electron chi connectivity index (χ4n) is 1.23. The molecule has 2 nitrogen and oxygen atoms in total. The Hall–Kier alpha value is -0.000000000000000111. The van der Waals surface area contributed by atoms with E-state index < -0.39 is 0 Å². The van der Waals surface area contributed by atoms with Crippen LogP contribution < -0.4 is 5.32 Å². The van der Waals surface area contributed by atoms with E-state index in [-0.39, 0.29) is 5.60 Å². The van der Waals surface area contributed by atoms with Crippen molar-refractivity contribution in [3.8, 4) is 0 Å². The van der Waals surface area contributed by atoms with E-state index in [0.29, 0.717) is 0 Å². The Morgan fingerprint density at radius 1 is 1.44 bits per heavy atom. The molecule has 0 aliphatic heterocycles. The Morgan fingerprint density at radius 3 is 2.69 bits per heavy atom. The molecule has 1 N–H and O–H groups in total. The Labute approximate surface area is 116 Å². The molecule has 0 bridgehead atoms. The van der Waals surface area contributed by atoms with Crippen molar-refractivity contribution in [2.75, 3.05) is 19.0 Å². The van der Waals surface area contributed by atoms with Gasteiger partial charge in [0.2, 0.25) is 0 Å². The lowest BCUT2D eigenvalue weighted by Gasteiger charge is -2.23. The van der Waals surface area contributed by atoms with Gasteiger partial charge >= 0.3 is 0 Å². The smallest absolute Gasteiger partial charge is 0.0639 e. The number of benzene rings is 1. The maximum absolute atomic E-state index is 5.89. The first kappa shape index (κ1) is 14.1. The molecule has 0 aromatic heterocycles. The molecule has 0 aliphatic carbocycles. The summed E-state index contributed by atoms with van der Waals surface area (Å²) in [7, 11) is 1.74. The molecule has 0 heterocycles. The van der Waals surface area contributed by atoms with E-state index in [1.165, 1.54) is 0 Å². The van der Waals surface area contributed by atoms with Gasteiger partial charge in [-0.2, -0.15) is 0 Å². The van der Waals surface area contributed by atoms with Crippen molar-refractivity contribution in [2.24, 2.45) is 0 Å². The summed E-state index contributed by atoms with van der Waals surface area (Å²) in [5.41, 5.74) is 1.04. The predicted molar refractivity (Wildman–Crippen MR) is 78.4 cm³/mol. The molecule has 0 radical (unpaired) electrons. The Morgan fingerprint density at radius 2 is 2.12 bits per heavy atom. The average Bonchev–Trinajstić information content (AvgIpc) is 2.21. The molecule has 4 heteroatoms. The second-order valence-electron chi connectivity index (χ2n) is 4.26. The van der Waals surface area contributed by atoms with Crippen LogP contribution in [0.4, 0.5) is 5.69 Å². The highest BCUT2D eigenvalue weighted by atomic mass is 127. The first-order valence-corrected chi connectivity index (χ1v) is 6.64. The summed E-state index contributed by atoms with van der Waals surface area (Å²) in [6, 6.07) is 5.85. The second-order valence-corrected chi connectivity index (χ2v) is 5.86. The van der Waals surface area contributed by atoms with Gasteiger partial charge in [0.1, 0.15) is 0 Å². The van der Waals surface area contributed by atoms with Gasteiger partial charge in [0.25, 0.3) is 0 Å². The van der Waals surface area contributed by atoms with Crippen molar-refractivity contribution in [2.45, 2.75) is 25.9 Å². The third-order valence-electron chi connectivity index (χ3n) is 2.53. The van der Waals surface area contributed by atoms with Gasteiger partial charge in [0.15, 0.2) is 0 Å². The van der Waals surface area contributed by atoms with Gasteiger partial charge in [-0.3, -0.25) is 0 Å². The molecule has 1 rings (SSSR count). The Balaban J connectivity index is 2.49. The van der Waals surface area contributed by atoms with Crippen molar-refractivity contribution < 1.29 is 4.74 Å². The predicted octanol–water partition coefficient (Wildman–Crippen LogP) is 4.17. The lowest BCUT2D eigenvalue weighted by molar-refractivity contribution is 0.0185. The van der Waals surface area contributed by atoms with Gasteiger partial charge in [0, 0.05) is 27.9 Å². The number of nitrogens with one attached hydrogen (secondary N) is 1. The van der Waals surface area contributed by atoms with E-state index in [4.69, 9.17) is 16.3 Å². The van der Waals surface area contributed by atoms with E-state index in [1.54, 1.807) is 7.11 Å². The number of rotatable bonds is 5. The van der Waals surface area contributed by atoms with Crippen molar-refractivity contribution in [1.82, 2.24) is 0 Å². The normalized spacial score (nSPS) is 11.6. The molecule has 0 saturated heterocycles. The van der Waals surface area contributed by atoms with Crippen molar-refractivity contribution in [1.29, 1.82) is 0 Å². The molecular formula is C12H17ClINO. The molecule has 0 saturated carbocycles. The fourth-order valence-corrected chi connectivity index (χ4v) is 2.30. The highest BCUT2D eigenvalue weighted by Gasteiger charge is 2.15. The van der Waals surface area contributed by atoms with Crippen LogP contribution in [0.3, 0.4) is 0 Å². The minimum atomic E-state index is -0.0785. The van der Waals surface area contributed by atoms with Crippen LogP contribution in [0.5, 0.6) is 0 Å². The summed E-state index contributed by atoms with van der Waals surface area (Å²) in [5, 5.41) is 4.15. The van der Waals surface area contributed by atoms with E-state index in [2.05, 4.69) is 41.8 Å². The average molecular weight is 354 g/mol. The highest BCUT2D eigenvalue weighted by Crippen LogP contribution is 2.22. The van der Waals surface area contributed by atoms with Crippen LogP contribution in [-0.4, -0.2) is 19.3 Å². The molecule has 0 unspecified atom stereocenters. The van der Waals surface area contributed by atoms with E-state index in [1.807, 2.05) is 18.2 Å². The van der Waals surface area contributed by atoms with Crippen molar-refractivity contribution in [3.63, 3.8) is 0 Å². The van der Waals surface area contributed by atoms with Crippen LogP contribution in [0.2, 0.25) is 5.02 Å².